The molecule has 5 nitrogen and oxygen atoms in total. The monoisotopic (exact) mass is 206 g/mol. The summed E-state index contributed by atoms with van der Waals surface area (Å²) in [4.78, 5) is 15.4. The van der Waals surface area contributed by atoms with Gasteiger partial charge in [-0.3, -0.25) is 4.79 Å². The highest BCUT2D eigenvalue weighted by Crippen LogP contribution is 2.10. The Labute approximate surface area is 88.7 Å². The molecule has 1 N–H and O–H groups in total. The number of nitriles is 1. The SMILES string of the molecule is Cn1cnc(C(=O)NCC(C)(C)C#N)c1. The van der Waals surface area contributed by atoms with Crippen LogP contribution in [-0.2, 0) is 7.05 Å². The van der Waals surface area contributed by atoms with Crippen LogP contribution in [0.2, 0.25) is 0 Å². The standard InChI is InChI=1S/C10H14N4O/c1-10(2,5-11)6-12-9(15)8-4-14(3)7-13-8/h4,7H,6H2,1-3H3,(H,12,15). The molecule has 1 heterocycles. The maximum Gasteiger partial charge on any atom is 0.271 e. The summed E-state index contributed by atoms with van der Waals surface area (Å²) < 4.78 is 1.70. The number of nitrogens with zero attached hydrogens (tertiary/aromatic N) is 3. The second-order valence-electron chi connectivity index (χ2n) is 4.10. The van der Waals surface area contributed by atoms with Gasteiger partial charge in [0.25, 0.3) is 5.91 Å². The van der Waals surface area contributed by atoms with E-state index >= 15 is 0 Å². The molecule has 0 fully saturated rings. The average Bonchev–Trinajstić information content (AvgIpc) is 2.61. The molecule has 1 aromatic heterocycles. The highest BCUT2D eigenvalue weighted by atomic mass is 16.1. The smallest absolute Gasteiger partial charge is 0.271 e. The van der Waals surface area contributed by atoms with E-state index in [-0.39, 0.29) is 5.91 Å². The van der Waals surface area contributed by atoms with E-state index in [2.05, 4.69) is 16.4 Å². The lowest BCUT2D eigenvalue weighted by Crippen LogP contribution is -2.33. The van der Waals surface area contributed by atoms with Gasteiger partial charge in [-0.1, -0.05) is 0 Å². The zero-order valence-electron chi connectivity index (χ0n) is 9.11. The Kier molecular flexibility index (Phi) is 3.10. The molecule has 0 spiro atoms. The lowest BCUT2D eigenvalue weighted by Gasteiger charge is -2.14. The quantitative estimate of drug-likeness (QED) is 0.791. The maximum atomic E-state index is 11.5. The number of hydrogen-bond donors (Lipinski definition) is 1. The molecule has 0 radical (unpaired) electrons. The highest BCUT2D eigenvalue weighted by molar-refractivity contribution is 5.92. The van der Waals surface area contributed by atoms with Crippen LogP contribution in [0.3, 0.4) is 0 Å². The van der Waals surface area contributed by atoms with E-state index < -0.39 is 5.41 Å². The third-order valence-corrected chi connectivity index (χ3v) is 1.93. The summed E-state index contributed by atoms with van der Waals surface area (Å²) in [6.45, 7) is 3.86. The van der Waals surface area contributed by atoms with Crippen molar-refractivity contribution in [2.75, 3.05) is 6.54 Å². The van der Waals surface area contributed by atoms with E-state index in [1.165, 1.54) is 0 Å². The number of aromatic nitrogens is 2. The van der Waals surface area contributed by atoms with E-state index in [0.29, 0.717) is 12.2 Å². The Hall–Kier alpha value is -1.83. The van der Waals surface area contributed by atoms with Crippen LogP contribution in [0.4, 0.5) is 0 Å². The molecule has 0 unspecified atom stereocenters. The lowest BCUT2D eigenvalue weighted by molar-refractivity contribution is 0.0939. The predicted octanol–water partition coefficient (Wildman–Crippen LogP) is 0.700. The molecule has 0 saturated heterocycles. The number of carbonyl (C=O) groups excluding carboxylic acids is 1. The van der Waals surface area contributed by atoms with E-state index in [1.807, 2.05) is 0 Å². The van der Waals surface area contributed by atoms with E-state index in [9.17, 15) is 4.79 Å². The van der Waals surface area contributed by atoms with E-state index in [4.69, 9.17) is 5.26 Å². The van der Waals surface area contributed by atoms with Gasteiger partial charge in [-0.25, -0.2) is 4.98 Å². The molecule has 1 amide bonds. The average molecular weight is 206 g/mol. The lowest BCUT2D eigenvalue weighted by atomic mass is 9.96. The van der Waals surface area contributed by atoms with Gasteiger partial charge >= 0.3 is 0 Å². The summed E-state index contributed by atoms with van der Waals surface area (Å²) in [5, 5.41) is 11.4. The highest BCUT2D eigenvalue weighted by Gasteiger charge is 2.18. The number of aryl methyl sites for hydroxylation is 1. The molecule has 0 atom stereocenters. The third-order valence-electron chi connectivity index (χ3n) is 1.93. The number of imidazole rings is 1. The van der Waals surface area contributed by atoms with Crippen LogP contribution in [0.15, 0.2) is 12.5 Å². The van der Waals surface area contributed by atoms with Crippen LogP contribution in [0, 0.1) is 16.7 Å². The molecule has 0 bridgehead atoms. The van der Waals surface area contributed by atoms with Crippen molar-refractivity contribution in [2.45, 2.75) is 13.8 Å². The molecule has 0 aliphatic carbocycles. The number of amides is 1. The Morgan fingerprint density at radius 3 is 2.87 bits per heavy atom. The fraction of sp³-hybridized carbons (Fsp3) is 0.500. The molecule has 15 heavy (non-hydrogen) atoms. The van der Waals surface area contributed by atoms with Crippen molar-refractivity contribution in [2.24, 2.45) is 12.5 Å². The Morgan fingerprint density at radius 2 is 2.40 bits per heavy atom. The number of rotatable bonds is 3. The fourth-order valence-corrected chi connectivity index (χ4v) is 0.961. The molecule has 0 saturated carbocycles. The molecule has 1 rings (SSSR count). The van der Waals surface area contributed by atoms with Crippen molar-refractivity contribution in [1.82, 2.24) is 14.9 Å². The minimum absolute atomic E-state index is 0.251. The molecule has 0 aliphatic rings. The first-order valence-corrected chi connectivity index (χ1v) is 4.62. The van der Waals surface area contributed by atoms with E-state index in [0.717, 1.165) is 0 Å². The zero-order valence-corrected chi connectivity index (χ0v) is 9.11. The first kappa shape index (κ1) is 11.2. The number of nitrogens with one attached hydrogen (secondary N) is 1. The molecule has 0 aromatic carbocycles. The maximum absolute atomic E-state index is 11.5. The van der Waals surface area contributed by atoms with Crippen LogP contribution in [0.25, 0.3) is 0 Å². The van der Waals surface area contributed by atoms with Gasteiger partial charge in [0.2, 0.25) is 0 Å². The van der Waals surface area contributed by atoms with Gasteiger partial charge in [-0.05, 0) is 13.8 Å². The third kappa shape index (κ3) is 3.09. The summed E-state index contributed by atoms with van der Waals surface area (Å²) in [5.41, 5.74) is -0.184. The zero-order chi connectivity index (χ0) is 11.5. The van der Waals surface area contributed by atoms with Gasteiger partial charge in [-0.15, -0.1) is 0 Å². The van der Waals surface area contributed by atoms with Crippen LogP contribution < -0.4 is 5.32 Å². The van der Waals surface area contributed by atoms with Crippen molar-refractivity contribution >= 4 is 5.91 Å². The minimum Gasteiger partial charge on any atom is -0.349 e. The van der Waals surface area contributed by atoms with Crippen molar-refractivity contribution in [3.05, 3.63) is 18.2 Å². The fourth-order valence-electron chi connectivity index (χ4n) is 0.961. The second kappa shape index (κ2) is 4.13. The summed E-state index contributed by atoms with van der Waals surface area (Å²) in [5.74, 6) is -0.251. The molecule has 1 aromatic rings. The van der Waals surface area contributed by atoms with Gasteiger partial charge in [0.15, 0.2) is 0 Å². The van der Waals surface area contributed by atoms with Crippen molar-refractivity contribution < 1.29 is 4.79 Å². The molecule has 5 heteroatoms. The molecular weight excluding hydrogens is 192 g/mol. The van der Waals surface area contributed by atoms with Crippen molar-refractivity contribution in [3.63, 3.8) is 0 Å². The van der Waals surface area contributed by atoms with E-state index in [1.54, 1.807) is 38.0 Å². The predicted molar refractivity (Wildman–Crippen MR) is 54.9 cm³/mol. The van der Waals surface area contributed by atoms with Crippen molar-refractivity contribution in [1.29, 1.82) is 5.26 Å². The van der Waals surface area contributed by atoms with Gasteiger partial charge in [0, 0.05) is 19.8 Å². The normalized spacial score (nSPS) is 10.8. The molecule has 80 valence electrons. The number of carbonyl (C=O) groups is 1. The number of hydrogen-bond acceptors (Lipinski definition) is 3. The van der Waals surface area contributed by atoms with Crippen molar-refractivity contribution in [3.8, 4) is 6.07 Å². The van der Waals surface area contributed by atoms with Crippen LogP contribution in [-0.4, -0.2) is 22.0 Å². The Morgan fingerprint density at radius 1 is 1.73 bits per heavy atom. The molecular formula is C10H14N4O. The first-order valence-electron chi connectivity index (χ1n) is 4.62. The Bertz CT molecular complexity index is 400. The first-order chi connectivity index (χ1) is 6.94. The topological polar surface area (TPSA) is 70.7 Å². The summed E-state index contributed by atoms with van der Waals surface area (Å²) >= 11 is 0. The van der Waals surface area contributed by atoms with Gasteiger partial charge in [0.1, 0.15) is 5.69 Å². The second-order valence-corrected chi connectivity index (χ2v) is 4.10. The van der Waals surface area contributed by atoms with Gasteiger partial charge < -0.3 is 9.88 Å². The summed E-state index contributed by atoms with van der Waals surface area (Å²) in [6, 6.07) is 2.11. The van der Waals surface area contributed by atoms with Gasteiger partial charge in [-0.2, -0.15) is 5.26 Å². The largest absolute Gasteiger partial charge is 0.349 e. The van der Waals surface area contributed by atoms with Crippen LogP contribution in [0.5, 0.6) is 0 Å². The summed E-state index contributed by atoms with van der Waals surface area (Å²) in [6.07, 6.45) is 3.19. The molecule has 0 aliphatic heterocycles. The Balaban J connectivity index is 2.55. The van der Waals surface area contributed by atoms with Gasteiger partial charge in [0.05, 0.1) is 17.8 Å². The summed E-state index contributed by atoms with van der Waals surface area (Å²) in [7, 11) is 1.79. The van der Waals surface area contributed by atoms with Crippen LogP contribution >= 0.6 is 0 Å². The van der Waals surface area contributed by atoms with Crippen LogP contribution in [0.1, 0.15) is 24.3 Å². The minimum atomic E-state index is -0.551.